The molecule has 0 unspecified atom stereocenters. The highest BCUT2D eigenvalue weighted by atomic mass is 19.4. The molecule has 14 heteroatoms. The molecule has 0 saturated carbocycles. The van der Waals surface area contributed by atoms with Crippen LogP contribution in [0.5, 0.6) is 11.5 Å². The van der Waals surface area contributed by atoms with Gasteiger partial charge in [-0.25, -0.2) is 9.50 Å². The van der Waals surface area contributed by atoms with Crippen molar-refractivity contribution in [2.75, 3.05) is 21.0 Å². The number of nitrogens with zero attached hydrogens (tertiary/aromatic N) is 2. The van der Waals surface area contributed by atoms with Gasteiger partial charge in [-0.05, 0) is 35.4 Å². The third-order valence-corrected chi connectivity index (χ3v) is 5.68. The number of nitrogens with one attached hydrogen (secondary N) is 2. The van der Waals surface area contributed by atoms with Crippen LogP contribution in [0.3, 0.4) is 0 Å². The van der Waals surface area contributed by atoms with E-state index in [-0.39, 0.29) is 48.1 Å². The number of rotatable bonds is 9. The number of alkyl halides is 6. The van der Waals surface area contributed by atoms with Gasteiger partial charge in [0.25, 0.3) is 5.56 Å². The molecule has 2 aromatic carbocycles. The summed E-state index contributed by atoms with van der Waals surface area (Å²) in [6.07, 6.45) is -9.26. The number of hydrogen-bond donors (Lipinski definition) is 2. The molecule has 39 heavy (non-hydrogen) atoms. The van der Waals surface area contributed by atoms with E-state index < -0.39 is 29.2 Å². The Morgan fingerprint density at radius 1 is 0.923 bits per heavy atom. The van der Waals surface area contributed by atoms with Gasteiger partial charge in [0, 0.05) is 12.6 Å². The summed E-state index contributed by atoms with van der Waals surface area (Å²) in [5, 5.41) is 4.95. The SMILES string of the molecule is COc1ccc(-c2c(C(F)(F)F)[nH]n3c(=O)cc(CNCOCc4ccc(C(F)(F)F)cc4)nc23)cc1OC. The normalized spacial score (nSPS) is 12.2. The molecule has 0 aliphatic heterocycles. The summed E-state index contributed by atoms with van der Waals surface area (Å²) < 4.78 is 96.2. The number of aromatic amines is 1. The van der Waals surface area contributed by atoms with E-state index in [0.717, 1.165) is 18.2 Å². The minimum Gasteiger partial charge on any atom is -0.493 e. The maximum absolute atomic E-state index is 13.9. The number of ether oxygens (including phenoxy) is 3. The van der Waals surface area contributed by atoms with Gasteiger partial charge in [-0.2, -0.15) is 26.3 Å². The zero-order valence-corrected chi connectivity index (χ0v) is 20.5. The zero-order valence-electron chi connectivity index (χ0n) is 20.5. The molecule has 0 saturated heterocycles. The third kappa shape index (κ3) is 6.17. The monoisotopic (exact) mass is 556 g/mol. The fraction of sp³-hybridized carbons (Fsp3) is 0.280. The topological polar surface area (TPSA) is 89.9 Å². The smallest absolute Gasteiger partial charge is 0.433 e. The highest BCUT2D eigenvalue weighted by Gasteiger charge is 2.38. The number of fused-ring (bicyclic) bond motifs is 1. The van der Waals surface area contributed by atoms with Crippen molar-refractivity contribution in [3.63, 3.8) is 0 Å². The van der Waals surface area contributed by atoms with Gasteiger partial charge in [0.15, 0.2) is 17.1 Å². The van der Waals surface area contributed by atoms with Gasteiger partial charge in [0.05, 0.1) is 44.4 Å². The Bertz CT molecular complexity index is 1510. The molecule has 208 valence electrons. The van der Waals surface area contributed by atoms with E-state index in [1.54, 1.807) is 0 Å². The maximum Gasteiger partial charge on any atom is 0.433 e. The van der Waals surface area contributed by atoms with Gasteiger partial charge < -0.3 is 14.2 Å². The molecule has 0 bridgehead atoms. The van der Waals surface area contributed by atoms with Crippen LogP contribution in [0.2, 0.25) is 0 Å². The number of H-pyrrole nitrogens is 1. The lowest BCUT2D eigenvalue weighted by molar-refractivity contribution is -0.141. The fourth-order valence-electron chi connectivity index (χ4n) is 3.86. The second kappa shape index (κ2) is 11.0. The average molecular weight is 556 g/mol. The van der Waals surface area contributed by atoms with Crippen molar-refractivity contribution in [1.29, 1.82) is 0 Å². The molecule has 4 aromatic rings. The summed E-state index contributed by atoms with van der Waals surface area (Å²) >= 11 is 0. The van der Waals surface area contributed by atoms with Crippen molar-refractivity contribution in [2.24, 2.45) is 0 Å². The lowest BCUT2D eigenvalue weighted by Crippen LogP contribution is -2.22. The minimum absolute atomic E-state index is 0.0104. The van der Waals surface area contributed by atoms with Gasteiger partial charge >= 0.3 is 12.4 Å². The number of benzene rings is 2. The first-order valence-electron chi connectivity index (χ1n) is 11.3. The molecule has 2 N–H and O–H groups in total. The van der Waals surface area contributed by atoms with E-state index in [2.05, 4.69) is 15.4 Å². The van der Waals surface area contributed by atoms with Gasteiger partial charge in [-0.15, -0.1) is 0 Å². The molecule has 0 radical (unpaired) electrons. The predicted octanol–water partition coefficient (Wildman–Crippen LogP) is 5.01. The highest BCUT2D eigenvalue weighted by molar-refractivity contribution is 5.81. The second-order valence-electron chi connectivity index (χ2n) is 8.29. The van der Waals surface area contributed by atoms with Gasteiger partial charge in [0.1, 0.15) is 5.69 Å². The van der Waals surface area contributed by atoms with Crippen molar-refractivity contribution < 1.29 is 40.6 Å². The van der Waals surface area contributed by atoms with E-state index in [1.807, 2.05) is 0 Å². The molecule has 4 rings (SSSR count). The molecule has 0 amide bonds. The van der Waals surface area contributed by atoms with Crippen LogP contribution in [0.1, 0.15) is 22.5 Å². The number of hydrogen-bond acceptors (Lipinski definition) is 6. The van der Waals surface area contributed by atoms with Crippen molar-refractivity contribution in [1.82, 2.24) is 19.9 Å². The van der Waals surface area contributed by atoms with Crippen LogP contribution in [0, 0.1) is 0 Å². The summed E-state index contributed by atoms with van der Waals surface area (Å²) in [6, 6.07) is 9.73. The molecular weight excluding hydrogens is 534 g/mol. The largest absolute Gasteiger partial charge is 0.493 e. The first-order valence-corrected chi connectivity index (χ1v) is 11.3. The Labute approximate surface area is 217 Å². The van der Waals surface area contributed by atoms with Crippen LogP contribution >= 0.6 is 0 Å². The van der Waals surface area contributed by atoms with Crippen molar-refractivity contribution in [3.05, 3.63) is 81.4 Å². The zero-order chi connectivity index (χ0) is 28.4. The van der Waals surface area contributed by atoms with Crippen molar-refractivity contribution in [3.8, 4) is 22.6 Å². The minimum atomic E-state index is -4.83. The Kier molecular flexibility index (Phi) is 7.88. The standard InChI is InChI=1S/C25H22F6N4O4/c1-37-18-8-5-15(9-19(18)38-2)21-22(25(29,30)31)34-35-20(36)10-17(33-23(21)35)11-32-13-39-12-14-3-6-16(7-4-14)24(26,27)28/h3-10,32,34H,11-13H2,1-2H3. The maximum atomic E-state index is 13.9. The fourth-order valence-corrected chi connectivity index (χ4v) is 3.86. The summed E-state index contributed by atoms with van der Waals surface area (Å²) in [5.74, 6) is 0.494. The van der Waals surface area contributed by atoms with E-state index in [0.29, 0.717) is 15.8 Å². The third-order valence-electron chi connectivity index (χ3n) is 5.68. The van der Waals surface area contributed by atoms with Crippen molar-refractivity contribution >= 4 is 5.65 Å². The van der Waals surface area contributed by atoms with Gasteiger partial charge in [-0.3, -0.25) is 15.2 Å². The number of aromatic nitrogens is 3. The Hall–Kier alpha value is -4.04. The lowest BCUT2D eigenvalue weighted by atomic mass is 10.0. The second-order valence-corrected chi connectivity index (χ2v) is 8.29. The van der Waals surface area contributed by atoms with Crippen molar-refractivity contribution in [2.45, 2.75) is 25.5 Å². The summed E-state index contributed by atoms with van der Waals surface area (Å²) in [5.41, 5.74) is -2.55. The van der Waals surface area contributed by atoms with E-state index in [9.17, 15) is 31.1 Å². The van der Waals surface area contributed by atoms with E-state index in [4.69, 9.17) is 14.2 Å². The summed E-state index contributed by atoms with van der Waals surface area (Å²) in [7, 11) is 2.73. The first-order chi connectivity index (χ1) is 18.4. The molecule has 0 aliphatic rings. The molecule has 8 nitrogen and oxygen atoms in total. The molecule has 0 aliphatic carbocycles. The highest BCUT2D eigenvalue weighted by Crippen LogP contribution is 2.40. The quantitative estimate of drug-likeness (QED) is 0.171. The lowest BCUT2D eigenvalue weighted by Gasteiger charge is -2.11. The Morgan fingerprint density at radius 2 is 1.62 bits per heavy atom. The van der Waals surface area contributed by atoms with E-state index >= 15 is 0 Å². The molecule has 2 heterocycles. The average Bonchev–Trinajstić information content (AvgIpc) is 3.28. The van der Waals surface area contributed by atoms with Crippen LogP contribution in [0.15, 0.2) is 53.3 Å². The number of halogens is 6. The van der Waals surface area contributed by atoms with Crippen LogP contribution in [-0.2, 0) is 30.2 Å². The number of methoxy groups -OCH3 is 2. The van der Waals surface area contributed by atoms with Gasteiger partial charge in [0.2, 0.25) is 0 Å². The molecule has 0 spiro atoms. The molecule has 2 aromatic heterocycles. The Balaban J connectivity index is 1.54. The summed E-state index contributed by atoms with van der Waals surface area (Å²) in [6.45, 7) is -0.0847. The Morgan fingerprint density at radius 3 is 2.23 bits per heavy atom. The molecular formula is C25H22F6N4O4. The van der Waals surface area contributed by atoms with Gasteiger partial charge in [-0.1, -0.05) is 18.2 Å². The first kappa shape index (κ1) is 28.0. The summed E-state index contributed by atoms with van der Waals surface area (Å²) in [4.78, 5) is 16.9. The predicted molar refractivity (Wildman–Crippen MR) is 127 cm³/mol. The van der Waals surface area contributed by atoms with Crippen LogP contribution in [-0.4, -0.2) is 35.5 Å². The van der Waals surface area contributed by atoms with Crippen LogP contribution in [0.25, 0.3) is 16.8 Å². The van der Waals surface area contributed by atoms with Crippen LogP contribution < -0.4 is 20.3 Å². The molecule has 0 atom stereocenters. The van der Waals surface area contributed by atoms with E-state index in [1.165, 1.54) is 44.6 Å². The molecule has 0 fully saturated rings. The van der Waals surface area contributed by atoms with Crippen LogP contribution in [0.4, 0.5) is 26.3 Å².